The van der Waals surface area contributed by atoms with Crippen LogP contribution in [0.2, 0.25) is 0 Å². The fraction of sp³-hybridized carbons (Fsp3) is 0.600. The fourth-order valence-electron chi connectivity index (χ4n) is 4.13. The van der Waals surface area contributed by atoms with Gasteiger partial charge in [-0.1, -0.05) is 83.1 Å². The van der Waals surface area contributed by atoms with Crippen molar-refractivity contribution in [3.8, 4) is 11.5 Å². The summed E-state index contributed by atoms with van der Waals surface area (Å²) in [5.41, 5.74) is 3.97. The Labute approximate surface area is 255 Å². The molecule has 2 aromatic rings. The van der Waals surface area contributed by atoms with Gasteiger partial charge in [0.15, 0.2) is 0 Å². The molecule has 2 rings (SSSR count). The SMILES string of the molecule is CC(C)(C)c1cc(CO[P+](=O)OCc2cc(C(C)(C)C)c(O)c(C(C)(C)C)c2)cc(C(C)(C)C)c1O.[Ca]. The fourth-order valence-corrected chi connectivity index (χ4v) is 4.72. The quantitative estimate of drug-likeness (QED) is 0.276. The molecule has 2 N–H and O–H groups in total. The van der Waals surface area contributed by atoms with Crippen LogP contribution in [0, 0.1) is 0 Å². The topological polar surface area (TPSA) is 76.0 Å². The Balaban J connectivity index is 0.00000684. The molecular weight excluding hydrogens is 511 g/mol. The number of hydrogen-bond donors (Lipinski definition) is 2. The third kappa shape index (κ3) is 9.19. The van der Waals surface area contributed by atoms with E-state index in [0.717, 1.165) is 33.4 Å². The van der Waals surface area contributed by atoms with Crippen molar-refractivity contribution in [1.29, 1.82) is 0 Å². The van der Waals surface area contributed by atoms with E-state index in [0.29, 0.717) is 11.5 Å². The molecule has 0 spiro atoms. The standard InChI is InChI=1S/C30H45O5P.Ca/c1-27(2,3)21-13-19(14-22(25(21)31)28(4,5)6)17-34-36(33)35-18-20-15-23(29(7,8)9)26(32)24(16-20)30(10,11)12;/h13-16H,17-18H2,1-12H3,(H-,31,32);/p+1. The molecule has 0 aliphatic rings. The smallest absolute Gasteiger partial charge is 0.507 e. The average Bonchev–Trinajstić information content (AvgIpc) is 2.68. The summed E-state index contributed by atoms with van der Waals surface area (Å²) in [5, 5.41) is 21.8. The molecule has 2 aromatic carbocycles. The molecule has 0 aromatic heterocycles. The van der Waals surface area contributed by atoms with Gasteiger partial charge in [0, 0.05) is 42.3 Å². The van der Waals surface area contributed by atoms with Gasteiger partial charge in [-0.15, -0.1) is 9.05 Å². The van der Waals surface area contributed by atoms with E-state index in [-0.39, 0.29) is 72.6 Å². The van der Waals surface area contributed by atoms with Gasteiger partial charge in [0.2, 0.25) is 0 Å². The van der Waals surface area contributed by atoms with E-state index in [4.69, 9.17) is 9.05 Å². The summed E-state index contributed by atoms with van der Waals surface area (Å²) in [5.74, 6) is 0.604. The number of hydrogen-bond acceptors (Lipinski definition) is 5. The van der Waals surface area contributed by atoms with Crippen LogP contribution in [0.3, 0.4) is 0 Å². The molecule has 0 aliphatic heterocycles. The Bertz CT molecular complexity index is 955. The van der Waals surface area contributed by atoms with E-state index < -0.39 is 8.25 Å². The summed E-state index contributed by atoms with van der Waals surface area (Å²) in [6, 6.07) is 7.66. The first-order valence-corrected chi connectivity index (χ1v) is 13.7. The third-order valence-electron chi connectivity index (χ3n) is 6.24. The first-order valence-electron chi connectivity index (χ1n) is 12.6. The number of phenolic OH excluding ortho intramolecular Hbond substituents is 2. The van der Waals surface area contributed by atoms with Crippen molar-refractivity contribution < 1.29 is 23.8 Å². The van der Waals surface area contributed by atoms with Crippen LogP contribution in [-0.2, 0) is 48.5 Å². The monoisotopic (exact) mass is 557 g/mol. The van der Waals surface area contributed by atoms with E-state index in [2.05, 4.69) is 83.1 Å². The Morgan fingerprint density at radius 1 is 0.568 bits per heavy atom. The van der Waals surface area contributed by atoms with Crippen LogP contribution in [0.1, 0.15) is 116 Å². The minimum atomic E-state index is -2.37. The van der Waals surface area contributed by atoms with E-state index in [9.17, 15) is 14.8 Å². The van der Waals surface area contributed by atoms with Crippen LogP contribution in [0.25, 0.3) is 0 Å². The van der Waals surface area contributed by atoms with Crippen LogP contribution in [-0.4, -0.2) is 48.0 Å². The van der Waals surface area contributed by atoms with Gasteiger partial charge in [-0.05, 0) is 79.3 Å². The van der Waals surface area contributed by atoms with Gasteiger partial charge in [0.05, 0.1) is 0 Å². The maximum absolute atomic E-state index is 12.7. The molecule has 0 bridgehead atoms. The maximum Gasteiger partial charge on any atom is 0.698 e. The van der Waals surface area contributed by atoms with Crippen molar-refractivity contribution in [2.45, 2.75) is 118 Å². The third-order valence-corrected chi connectivity index (χ3v) is 6.92. The van der Waals surface area contributed by atoms with Crippen LogP contribution >= 0.6 is 8.25 Å². The van der Waals surface area contributed by atoms with E-state index >= 15 is 0 Å². The molecule has 0 amide bonds. The molecule has 0 heterocycles. The zero-order chi connectivity index (χ0) is 27.9. The molecule has 2 radical (unpaired) electrons. The van der Waals surface area contributed by atoms with Crippen molar-refractivity contribution in [1.82, 2.24) is 0 Å². The molecule has 0 fully saturated rings. The van der Waals surface area contributed by atoms with E-state index in [1.807, 2.05) is 24.3 Å². The Morgan fingerprint density at radius 3 is 0.973 bits per heavy atom. The summed E-state index contributed by atoms with van der Waals surface area (Å²) >= 11 is 0. The van der Waals surface area contributed by atoms with Crippen LogP contribution in [0.15, 0.2) is 24.3 Å². The van der Waals surface area contributed by atoms with Crippen LogP contribution in [0.4, 0.5) is 0 Å². The first kappa shape index (κ1) is 34.3. The molecule has 202 valence electrons. The van der Waals surface area contributed by atoms with E-state index in [1.54, 1.807) is 0 Å². The molecule has 0 saturated heterocycles. The largest absolute Gasteiger partial charge is 0.698 e. The normalized spacial score (nSPS) is 12.9. The number of phenols is 2. The summed E-state index contributed by atoms with van der Waals surface area (Å²) in [4.78, 5) is 0. The van der Waals surface area contributed by atoms with Gasteiger partial charge in [0.25, 0.3) is 0 Å². The van der Waals surface area contributed by atoms with Gasteiger partial charge >= 0.3 is 8.25 Å². The molecule has 0 aliphatic carbocycles. The van der Waals surface area contributed by atoms with Gasteiger partial charge < -0.3 is 10.2 Å². The Morgan fingerprint density at radius 2 is 0.784 bits per heavy atom. The predicted molar refractivity (Wildman–Crippen MR) is 154 cm³/mol. The zero-order valence-corrected chi connectivity index (χ0v) is 28.1. The molecule has 7 heteroatoms. The first-order chi connectivity index (χ1) is 16.1. The van der Waals surface area contributed by atoms with Crippen LogP contribution < -0.4 is 0 Å². The summed E-state index contributed by atoms with van der Waals surface area (Å²) < 4.78 is 23.9. The molecule has 37 heavy (non-hydrogen) atoms. The Hall–Kier alpha value is -0.680. The molecular formula is C30H46CaO5P+. The number of aromatic hydroxyl groups is 2. The minimum Gasteiger partial charge on any atom is -0.507 e. The van der Waals surface area contributed by atoms with E-state index in [1.165, 1.54) is 0 Å². The number of benzene rings is 2. The zero-order valence-electron chi connectivity index (χ0n) is 25.0. The predicted octanol–water partition coefficient (Wildman–Crippen LogP) is 8.30. The second kappa shape index (κ2) is 12.2. The van der Waals surface area contributed by atoms with Crippen molar-refractivity contribution in [2.75, 3.05) is 0 Å². The van der Waals surface area contributed by atoms with Crippen LogP contribution in [0.5, 0.6) is 11.5 Å². The second-order valence-corrected chi connectivity index (χ2v) is 14.8. The van der Waals surface area contributed by atoms with Crippen molar-refractivity contribution in [2.24, 2.45) is 0 Å². The minimum absolute atomic E-state index is 0. The summed E-state index contributed by atoms with van der Waals surface area (Å²) in [6.45, 7) is 24.9. The van der Waals surface area contributed by atoms with Crippen molar-refractivity contribution in [3.05, 3.63) is 57.6 Å². The molecule has 5 nitrogen and oxygen atoms in total. The summed E-state index contributed by atoms with van der Waals surface area (Å²) in [6.07, 6.45) is 0. The van der Waals surface area contributed by atoms with Gasteiger partial charge in [-0.3, -0.25) is 0 Å². The van der Waals surface area contributed by atoms with Gasteiger partial charge in [-0.25, -0.2) is 0 Å². The molecule has 0 atom stereocenters. The second-order valence-electron chi connectivity index (χ2n) is 13.8. The number of rotatable bonds is 6. The van der Waals surface area contributed by atoms with Crippen molar-refractivity contribution in [3.63, 3.8) is 0 Å². The average molecular weight is 558 g/mol. The van der Waals surface area contributed by atoms with Gasteiger partial charge in [-0.2, -0.15) is 0 Å². The van der Waals surface area contributed by atoms with Gasteiger partial charge in [0.1, 0.15) is 24.7 Å². The van der Waals surface area contributed by atoms with Crippen molar-refractivity contribution >= 4 is 46.0 Å². The molecule has 0 saturated carbocycles. The summed E-state index contributed by atoms with van der Waals surface area (Å²) in [7, 11) is -2.37. The Kier molecular flexibility index (Phi) is 11.4. The maximum atomic E-state index is 12.7. The molecule has 0 unspecified atom stereocenters.